The molecule has 0 atom stereocenters. The number of amides is 1. The van der Waals surface area contributed by atoms with Crippen LogP contribution in [0.3, 0.4) is 0 Å². The molecule has 1 aliphatic rings. The van der Waals surface area contributed by atoms with Gasteiger partial charge in [-0.25, -0.2) is 0 Å². The summed E-state index contributed by atoms with van der Waals surface area (Å²) in [6.07, 6.45) is 3.92. The quantitative estimate of drug-likeness (QED) is 0.906. The lowest BCUT2D eigenvalue weighted by atomic mass is 10.0. The molecule has 6 heteroatoms. The number of rotatable bonds is 4. The fraction of sp³-hybridized carbons (Fsp3) is 0.444. The normalized spacial score (nSPS) is 16.1. The number of nitrogens with one attached hydrogen (secondary N) is 2. The third-order valence-corrected chi connectivity index (χ3v) is 4.84. The Morgan fingerprint density at radius 3 is 2.54 bits per heavy atom. The zero-order valence-corrected chi connectivity index (χ0v) is 14.5. The van der Waals surface area contributed by atoms with Crippen LogP contribution < -0.4 is 10.2 Å². The zero-order valence-electron chi connectivity index (χ0n) is 14.5. The fourth-order valence-electron chi connectivity index (χ4n) is 3.15. The molecular weight excluding hydrogens is 302 g/mol. The first-order chi connectivity index (χ1) is 11.5. The van der Waals surface area contributed by atoms with Crippen molar-refractivity contribution < 1.29 is 4.79 Å². The van der Waals surface area contributed by atoms with Crippen LogP contribution in [0.2, 0.25) is 0 Å². The summed E-state index contributed by atoms with van der Waals surface area (Å²) < 4.78 is 0. The van der Waals surface area contributed by atoms with Gasteiger partial charge in [0.2, 0.25) is 0 Å². The number of aryl methyl sites for hydroxylation is 1. The van der Waals surface area contributed by atoms with E-state index in [0.717, 1.165) is 24.5 Å². The van der Waals surface area contributed by atoms with Crippen molar-refractivity contribution >= 4 is 17.3 Å². The molecule has 2 heterocycles. The number of anilines is 2. The van der Waals surface area contributed by atoms with Gasteiger partial charge in [-0.15, -0.1) is 0 Å². The van der Waals surface area contributed by atoms with Gasteiger partial charge in [0, 0.05) is 30.2 Å². The number of carbonyl (C=O) groups is 1. The van der Waals surface area contributed by atoms with Gasteiger partial charge in [0.05, 0.1) is 11.8 Å². The first kappa shape index (κ1) is 16.5. The number of likely N-dealkylation sites (tertiary alicyclic amines) is 1. The molecule has 3 rings (SSSR count). The fourth-order valence-corrected chi connectivity index (χ4v) is 3.15. The summed E-state index contributed by atoms with van der Waals surface area (Å²) >= 11 is 0. The van der Waals surface area contributed by atoms with E-state index in [1.807, 2.05) is 19.1 Å². The van der Waals surface area contributed by atoms with Crippen molar-refractivity contribution in [3.8, 4) is 0 Å². The molecule has 0 bridgehead atoms. The molecule has 1 amide bonds. The van der Waals surface area contributed by atoms with Crippen molar-refractivity contribution in [3.05, 3.63) is 41.7 Å². The van der Waals surface area contributed by atoms with E-state index in [4.69, 9.17) is 0 Å². The maximum Gasteiger partial charge on any atom is 0.259 e. The monoisotopic (exact) mass is 327 g/mol. The molecule has 0 spiro atoms. The minimum atomic E-state index is -0.141. The molecule has 6 nitrogen and oxygen atoms in total. The number of piperidine rings is 1. The standard InChI is InChI=1S/C18H25N5O/c1-13-17(12-19-21-13)18(24)20-14-4-6-15(7-5-14)23(3)16-8-10-22(2)11-9-16/h4-7,12,16H,8-11H2,1-3H3,(H,19,21)(H,20,24). The highest BCUT2D eigenvalue weighted by Crippen LogP contribution is 2.23. The number of hydrogen-bond acceptors (Lipinski definition) is 4. The first-order valence-electron chi connectivity index (χ1n) is 8.37. The van der Waals surface area contributed by atoms with Gasteiger partial charge >= 0.3 is 0 Å². The van der Waals surface area contributed by atoms with Gasteiger partial charge in [-0.2, -0.15) is 5.10 Å². The minimum Gasteiger partial charge on any atom is -0.372 e. The summed E-state index contributed by atoms with van der Waals surface area (Å²) in [5, 5.41) is 9.57. The number of nitrogens with zero attached hydrogens (tertiary/aromatic N) is 3. The van der Waals surface area contributed by atoms with E-state index in [-0.39, 0.29) is 5.91 Å². The summed E-state index contributed by atoms with van der Waals surface area (Å²) in [4.78, 5) is 16.9. The second-order valence-corrected chi connectivity index (χ2v) is 6.56. The topological polar surface area (TPSA) is 64.3 Å². The lowest BCUT2D eigenvalue weighted by molar-refractivity contribution is 0.102. The van der Waals surface area contributed by atoms with Crippen LogP contribution in [-0.4, -0.2) is 54.2 Å². The highest BCUT2D eigenvalue weighted by molar-refractivity contribution is 6.04. The summed E-state index contributed by atoms with van der Waals surface area (Å²) in [5.41, 5.74) is 3.32. The molecule has 2 aromatic rings. The highest BCUT2D eigenvalue weighted by atomic mass is 16.1. The SMILES string of the molecule is Cc1[nH]ncc1C(=O)Nc1ccc(N(C)C2CCN(C)CC2)cc1. The lowest BCUT2D eigenvalue weighted by Crippen LogP contribution is -2.41. The van der Waals surface area contributed by atoms with Crippen LogP contribution >= 0.6 is 0 Å². The number of aromatic nitrogens is 2. The zero-order chi connectivity index (χ0) is 17.1. The van der Waals surface area contributed by atoms with E-state index in [0.29, 0.717) is 11.6 Å². The van der Waals surface area contributed by atoms with Gasteiger partial charge in [0.25, 0.3) is 5.91 Å². The summed E-state index contributed by atoms with van der Waals surface area (Å²) in [5.74, 6) is -0.141. The summed E-state index contributed by atoms with van der Waals surface area (Å²) in [6, 6.07) is 8.62. The number of carbonyl (C=O) groups excluding carboxylic acids is 1. The molecule has 0 unspecified atom stereocenters. The largest absolute Gasteiger partial charge is 0.372 e. The van der Waals surface area contributed by atoms with Crippen LogP contribution in [0.4, 0.5) is 11.4 Å². The Kier molecular flexibility index (Phi) is 4.85. The molecule has 0 aliphatic carbocycles. The maximum absolute atomic E-state index is 12.2. The van der Waals surface area contributed by atoms with E-state index in [2.05, 4.69) is 51.5 Å². The van der Waals surface area contributed by atoms with Gasteiger partial charge < -0.3 is 15.1 Å². The number of H-pyrrole nitrogens is 1. The lowest BCUT2D eigenvalue weighted by Gasteiger charge is -2.36. The highest BCUT2D eigenvalue weighted by Gasteiger charge is 2.20. The molecule has 128 valence electrons. The van der Waals surface area contributed by atoms with Crippen molar-refractivity contribution in [2.24, 2.45) is 0 Å². The van der Waals surface area contributed by atoms with Gasteiger partial charge in [-0.1, -0.05) is 0 Å². The van der Waals surface area contributed by atoms with Gasteiger partial charge in [0.15, 0.2) is 0 Å². The van der Waals surface area contributed by atoms with E-state index < -0.39 is 0 Å². The first-order valence-corrected chi connectivity index (χ1v) is 8.37. The Balaban J connectivity index is 1.63. The van der Waals surface area contributed by atoms with Crippen molar-refractivity contribution in [2.45, 2.75) is 25.8 Å². The Morgan fingerprint density at radius 2 is 1.96 bits per heavy atom. The van der Waals surface area contributed by atoms with Gasteiger partial charge in [-0.3, -0.25) is 9.89 Å². The maximum atomic E-state index is 12.2. The Bertz CT molecular complexity index is 686. The average molecular weight is 327 g/mol. The van der Waals surface area contributed by atoms with Gasteiger partial charge in [-0.05, 0) is 64.2 Å². The molecule has 0 saturated carbocycles. The van der Waals surface area contributed by atoms with Gasteiger partial charge in [0.1, 0.15) is 0 Å². The van der Waals surface area contributed by atoms with Crippen LogP contribution in [0.15, 0.2) is 30.5 Å². The molecule has 1 saturated heterocycles. The van der Waals surface area contributed by atoms with Crippen LogP contribution in [-0.2, 0) is 0 Å². The summed E-state index contributed by atoms with van der Waals surface area (Å²) in [6.45, 7) is 4.13. The summed E-state index contributed by atoms with van der Waals surface area (Å²) in [7, 11) is 4.33. The van der Waals surface area contributed by atoms with E-state index in [1.54, 1.807) is 6.20 Å². The molecule has 1 aliphatic heterocycles. The average Bonchev–Trinajstić information content (AvgIpc) is 3.02. The molecule has 1 fully saturated rings. The van der Waals surface area contributed by atoms with Crippen LogP contribution in [0, 0.1) is 6.92 Å². The minimum absolute atomic E-state index is 0.141. The predicted molar refractivity (Wildman–Crippen MR) is 96.6 cm³/mol. The molecule has 24 heavy (non-hydrogen) atoms. The Labute approximate surface area is 142 Å². The van der Waals surface area contributed by atoms with Crippen molar-refractivity contribution in [3.63, 3.8) is 0 Å². The van der Waals surface area contributed by atoms with Crippen LogP contribution in [0.5, 0.6) is 0 Å². The number of aromatic amines is 1. The Morgan fingerprint density at radius 1 is 1.29 bits per heavy atom. The van der Waals surface area contributed by atoms with Crippen molar-refractivity contribution in [2.75, 3.05) is 37.4 Å². The van der Waals surface area contributed by atoms with E-state index >= 15 is 0 Å². The number of hydrogen-bond donors (Lipinski definition) is 2. The molecule has 2 N–H and O–H groups in total. The predicted octanol–water partition coefficient (Wildman–Crippen LogP) is 2.50. The second kappa shape index (κ2) is 7.05. The molecule has 1 aromatic carbocycles. The second-order valence-electron chi connectivity index (χ2n) is 6.56. The van der Waals surface area contributed by atoms with Crippen LogP contribution in [0.1, 0.15) is 28.9 Å². The van der Waals surface area contributed by atoms with E-state index in [1.165, 1.54) is 18.5 Å². The smallest absolute Gasteiger partial charge is 0.259 e. The third-order valence-electron chi connectivity index (χ3n) is 4.84. The van der Waals surface area contributed by atoms with E-state index in [9.17, 15) is 4.79 Å². The molecule has 1 aromatic heterocycles. The van der Waals surface area contributed by atoms with Crippen molar-refractivity contribution in [1.29, 1.82) is 0 Å². The van der Waals surface area contributed by atoms with Crippen molar-refractivity contribution in [1.82, 2.24) is 15.1 Å². The van der Waals surface area contributed by atoms with Crippen LogP contribution in [0.25, 0.3) is 0 Å². The third kappa shape index (κ3) is 3.59. The molecular formula is C18H25N5O. The Hall–Kier alpha value is -2.34. The number of benzene rings is 1. The molecule has 0 radical (unpaired) electrons.